The molecule has 4 rings (SSSR count). The zero-order valence-corrected chi connectivity index (χ0v) is 17.3. The summed E-state index contributed by atoms with van der Waals surface area (Å²) in [6.07, 6.45) is 3.11. The number of aromatic nitrogens is 2. The first-order valence-corrected chi connectivity index (χ1v) is 9.91. The van der Waals surface area contributed by atoms with Crippen molar-refractivity contribution in [3.63, 3.8) is 0 Å². The van der Waals surface area contributed by atoms with Gasteiger partial charge in [-0.3, -0.25) is 0 Å². The fourth-order valence-corrected chi connectivity index (χ4v) is 3.88. The molecule has 1 N–H and O–H groups in total. The number of hydrogen-bond acceptors (Lipinski definition) is 4. The van der Waals surface area contributed by atoms with Gasteiger partial charge in [-0.25, -0.2) is 4.68 Å². The van der Waals surface area contributed by atoms with Crippen LogP contribution in [0.2, 0.25) is 10.0 Å². The molecular weight excluding hydrogens is 397 g/mol. The number of hydrogen-bond donors (Lipinski definition) is 1. The fraction of sp³-hybridized carbons (Fsp3) is 0.286. The SMILES string of the molecule is COc1cc(OC)cc(-c2nn(-c3cccc(Cl)c3Cl)c3c2CCCCN3)c1. The molecule has 146 valence electrons. The molecule has 5 nitrogen and oxygen atoms in total. The van der Waals surface area contributed by atoms with Crippen molar-refractivity contribution in [2.75, 3.05) is 26.1 Å². The van der Waals surface area contributed by atoms with E-state index in [1.54, 1.807) is 20.3 Å². The molecule has 0 atom stereocenters. The van der Waals surface area contributed by atoms with Crippen molar-refractivity contribution in [3.05, 3.63) is 52.0 Å². The van der Waals surface area contributed by atoms with Crippen LogP contribution in [0.15, 0.2) is 36.4 Å². The van der Waals surface area contributed by atoms with E-state index < -0.39 is 0 Å². The lowest BCUT2D eigenvalue weighted by atomic mass is 10.0. The van der Waals surface area contributed by atoms with Gasteiger partial charge in [0.25, 0.3) is 0 Å². The zero-order chi connectivity index (χ0) is 19.7. The number of rotatable bonds is 4. The van der Waals surface area contributed by atoms with Gasteiger partial charge in [-0.15, -0.1) is 0 Å². The molecule has 1 aromatic heterocycles. The lowest BCUT2D eigenvalue weighted by Gasteiger charge is -2.11. The van der Waals surface area contributed by atoms with Crippen molar-refractivity contribution >= 4 is 29.0 Å². The molecule has 2 aromatic carbocycles. The second-order valence-electron chi connectivity index (χ2n) is 6.65. The Morgan fingerprint density at radius 3 is 2.50 bits per heavy atom. The van der Waals surface area contributed by atoms with Crippen LogP contribution >= 0.6 is 23.2 Å². The van der Waals surface area contributed by atoms with Gasteiger partial charge >= 0.3 is 0 Å². The van der Waals surface area contributed by atoms with Crippen molar-refractivity contribution < 1.29 is 9.47 Å². The average molecular weight is 418 g/mol. The monoisotopic (exact) mass is 417 g/mol. The summed E-state index contributed by atoms with van der Waals surface area (Å²) in [5.41, 5.74) is 3.73. The third-order valence-corrected chi connectivity index (χ3v) is 5.72. The number of nitrogens with zero attached hydrogens (tertiary/aromatic N) is 2. The second kappa shape index (κ2) is 7.94. The Hall–Kier alpha value is -2.37. The Labute approximate surface area is 174 Å². The van der Waals surface area contributed by atoms with Crippen molar-refractivity contribution in [1.82, 2.24) is 9.78 Å². The molecule has 0 spiro atoms. The van der Waals surface area contributed by atoms with Gasteiger partial charge in [0.1, 0.15) is 17.3 Å². The van der Waals surface area contributed by atoms with Crippen LogP contribution in [0.3, 0.4) is 0 Å². The molecule has 7 heteroatoms. The zero-order valence-electron chi connectivity index (χ0n) is 15.8. The largest absolute Gasteiger partial charge is 0.497 e. The number of benzene rings is 2. The number of fused-ring (bicyclic) bond motifs is 1. The minimum Gasteiger partial charge on any atom is -0.497 e. The average Bonchev–Trinajstić information content (AvgIpc) is 2.90. The quantitative estimate of drug-likeness (QED) is 0.598. The van der Waals surface area contributed by atoms with E-state index in [0.717, 1.165) is 65.6 Å². The van der Waals surface area contributed by atoms with E-state index in [1.807, 2.05) is 35.0 Å². The summed E-state index contributed by atoms with van der Waals surface area (Å²) in [5, 5.41) is 9.43. The van der Waals surface area contributed by atoms with Crippen molar-refractivity contribution in [3.8, 4) is 28.4 Å². The van der Waals surface area contributed by atoms with Crippen molar-refractivity contribution in [2.24, 2.45) is 0 Å². The van der Waals surface area contributed by atoms with Crippen LogP contribution in [0.4, 0.5) is 5.82 Å². The van der Waals surface area contributed by atoms with Gasteiger partial charge in [0, 0.05) is 23.7 Å². The third kappa shape index (κ3) is 3.40. The molecule has 0 saturated heterocycles. The molecule has 0 unspecified atom stereocenters. The van der Waals surface area contributed by atoms with E-state index in [-0.39, 0.29) is 0 Å². The number of anilines is 1. The summed E-state index contributed by atoms with van der Waals surface area (Å²) in [5.74, 6) is 2.40. The number of ether oxygens (including phenoxy) is 2. The predicted molar refractivity (Wildman–Crippen MR) is 114 cm³/mol. The first-order chi connectivity index (χ1) is 13.6. The van der Waals surface area contributed by atoms with E-state index in [2.05, 4.69) is 5.32 Å². The first kappa shape index (κ1) is 19.0. The molecule has 0 radical (unpaired) electrons. The Morgan fingerprint density at radius 2 is 1.79 bits per heavy atom. The summed E-state index contributed by atoms with van der Waals surface area (Å²) < 4.78 is 12.7. The topological polar surface area (TPSA) is 48.3 Å². The molecule has 1 aliphatic rings. The number of halogens is 2. The van der Waals surface area contributed by atoms with Crippen LogP contribution in [-0.4, -0.2) is 30.5 Å². The summed E-state index contributed by atoms with van der Waals surface area (Å²) >= 11 is 12.8. The van der Waals surface area contributed by atoms with Gasteiger partial charge in [0.15, 0.2) is 0 Å². The molecule has 3 aromatic rings. The summed E-state index contributed by atoms with van der Waals surface area (Å²) in [6.45, 7) is 0.887. The van der Waals surface area contributed by atoms with E-state index in [1.165, 1.54) is 0 Å². The first-order valence-electron chi connectivity index (χ1n) is 9.16. The molecule has 28 heavy (non-hydrogen) atoms. The summed E-state index contributed by atoms with van der Waals surface area (Å²) in [7, 11) is 3.29. The molecule has 0 amide bonds. The highest BCUT2D eigenvalue weighted by atomic mass is 35.5. The Balaban J connectivity index is 1.94. The third-order valence-electron chi connectivity index (χ3n) is 4.91. The van der Waals surface area contributed by atoms with E-state index in [0.29, 0.717) is 10.0 Å². The van der Waals surface area contributed by atoms with Gasteiger partial charge in [-0.2, -0.15) is 5.10 Å². The highest BCUT2D eigenvalue weighted by Crippen LogP contribution is 2.39. The minimum absolute atomic E-state index is 0.482. The Kier molecular flexibility index (Phi) is 5.38. The molecule has 0 bridgehead atoms. The van der Waals surface area contributed by atoms with Crippen molar-refractivity contribution in [1.29, 1.82) is 0 Å². The van der Waals surface area contributed by atoms with E-state index in [9.17, 15) is 0 Å². The fourth-order valence-electron chi connectivity index (χ4n) is 3.51. The highest BCUT2D eigenvalue weighted by Gasteiger charge is 2.23. The van der Waals surface area contributed by atoms with E-state index in [4.69, 9.17) is 37.8 Å². The van der Waals surface area contributed by atoms with Crippen LogP contribution in [0.5, 0.6) is 11.5 Å². The van der Waals surface area contributed by atoms with Crippen LogP contribution in [0, 0.1) is 0 Å². The maximum Gasteiger partial charge on any atom is 0.133 e. The van der Waals surface area contributed by atoms with Crippen LogP contribution in [0.1, 0.15) is 18.4 Å². The number of methoxy groups -OCH3 is 2. The van der Waals surface area contributed by atoms with Crippen LogP contribution in [-0.2, 0) is 6.42 Å². The van der Waals surface area contributed by atoms with Crippen LogP contribution in [0.25, 0.3) is 16.9 Å². The summed E-state index contributed by atoms with van der Waals surface area (Å²) in [6, 6.07) is 11.4. The molecule has 0 fully saturated rings. The second-order valence-corrected chi connectivity index (χ2v) is 7.43. The molecule has 0 aliphatic carbocycles. The Morgan fingerprint density at radius 1 is 1.04 bits per heavy atom. The van der Waals surface area contributed by atoms with Gasteiger partial charge in [-0.1, -0.05) is 29.3 Å². The minimum atomic E-state index is 0.482. The predicted octanol–water partition coefficient (Wildman–Crippen LogP) is 5.61. The van der Waals surface area contributed by atoms with Gasteiger partial charge in [0.05, 0.1) is 35.6 Å². The maximum atomic E-state index is 6.50. The molecule has 1 aliphatic heterocycles. The standard InChI is InChI=1S/C21H21Cl2N3O2/c1-27-14-10-13(11-15(12-14)28-2)20-16-6-3-4-9-24-21(16)26(25-20)18-8-5-7-17(22)19(18)23/h5,7-8,10-12,24H,3-4,6,9H2,1-2H3. The van der Waals surface area contributed by atoms with Crippen LogP contribution < -0.4 is 14.8 Å². The van der Waals surface area contributed by atoms with E-state index >= 15 is 0 Å². The highest BCUT2D eigenvalue weighted by molar-refractivity contribution is 6.43. The van der Waals surface area contributed by atoms with Gasteiger partial charge < -0.3 is 14.8 Å². The smallest absolute Gasteiger partial charge is 0.133 e. The van der Waals surface area contributed by atoms with Gasteiger partial charge in [-0.05, 0) is 43.5 Å². The normalized spacial score (nSPS) is 13.4. The molecular formula is C21H21Cl2N3O2. The molecule has 0 saturated carbocycles. The summed E-state index contributed by atoms with van der Waals surface area (Å²) in [4.78, 5) is 0. The maximum absolute atomic E-state index is 6.50. The van der Waals surface area contributed by atoms with Gasteiger partial charge in [0.2, 0.25) is 0 Å². The lowest BCUT2D eigenvalue weighted by molar-refractivity contribution is 0.394. The lowest BCUT2D eigenvalue weighted by Crippen LogP contribution is -2.07. The Bertz CT molecular complexity index is 995. The van der Waals surface area contributed by atoms with Crippen molar-refractivity contribution in [2.45, 2.75) is 19.3 Å². The molecule has 2 heterocycles. The number of nitrogens with one attached hydrogen (secondary N) is 1.